The third-order valence-electron chi connectivity index (χ3n) is 5.77. The SMILES string of the molecule is Cn1cc(-c2cc3c(Nc4ccc5c(c4)CN(C(=O)OC(C)(C)C)CC5)c(F)cnc3[nH]2)cn1. The second-order valence-corrected chi connectivity index (χ2v) is 9.59. The molecule has 0 saturated carbocycles. The van der Waals surface area contributed by atoms with Gasteiger partial charge in [-0.15, -0.1) is 0 Å². The lowest BCUT2D eigenvalue weighted by molar-refractivity contribution is 0.0224. The highest BCUT2D eigenvalue weighted by molar-refractivity contribution is 5.95. The predicted molar refractivity (Wildman–Crippen MR) is 128 cm³/mol. The number of nitrogens with zero attached hydrogens (tertiary/aromatic N) is 4. The summed E-state index contributed by atoms with van der Waals surface area (Å²) < 4.78 is 22.1. The number of ether oxygens (including phenoxy) is 1. The summed E-state index contributed by atoms with van der Waals surface area (Å²) in [7, 11) is 1.84. The highest BCUT2D eigenvalue weighted by Crippen LogP contribution is 2.33. The van der Waals surface area contributed by atoms with Gasteiger partial charge in [0.1, 0.15) is 11.2 Å². The lowest BCUT2D eigenvalue weighted by Gasteiger charge is -2.31. The van der Waals surface area contributed by atoms with Gasteiger partial charge in [0.2, 0.25) is 0 Å². The summed E-state index contributed by atoms with van der Waals surface area (Å²) in [5.41, 5.74) is 5.00. The Hall–Kier alpha value is -3.88. The van der Waals surface area contributed by atoms with Crippen molar-refractivity contribution in [3.05, 3.63) is 59.8 Å². The highest BCUT2D eigenvalue weighted by Gasteiger charge is 2.26. The van der Waals surface area contributed by atoms with Crippen LogP contribution in [0.25, 0.3) is 22.3 Å². The number of rotatable bonds is 3. The molecule has 1 amide bonds. The summed E-state index contributed by atoms with van der Waals surface area (Å²) in [4.78, 5) is 21.7. The van der Waals surface area contributed by atoms with Gasteiger partial charge in [-0.05, 0) is 56.5 Å². The zero-order valence-corrected chi connectivity index (χ0v) is 19.6. The maximum Gasteiger partial charge on any atom is 0.410 e. The predicted octanol–water partition coefficient (Wildman–Crippen LogP) is 5.14. The molecule has 5 rings (SSSR count). The molecule has 9 heteroatoms. The number of hydrogen-bond acceptors (Lipinski definition) is 5. The number of carbonyl (C=O) groups is 1. The average Bonchev–Trinajstić information content (AvgIpc) is 3.40. The first-order chi connectivity index (χ1) is 16.2. The zero-order chi connectivity index (χ0) is 24.0. The molecule has 1 aliphatic heterocycles. The number of fused-ring (bicyclic) bond motifs is 2. The van der Waals surface area contributed by atoms with E-state index in [-0.39, 0.29) is 6.09 Å². The van der Waals surface area contributed by atoms with Crippen LogP contribution in [-0.2, 0) is 24.8 Å². The summed E-state index contributed by atoms with van der Waals surface area (Å²) in [5.74, 6) is -0.447. The van der Waals surface area contributed by atoms with Crippen molar-refractivity contribution in [3.63, 3.8) is 0 Å². The van der Waals surface area contributed by atoms with Gasteiger partial charge in [0, 0.05) is 43.0 Å². The van der Waals surface area contributed by atoms with Gasteiger partial charge in [-0.1, -0.05) is 6.07 Å². The number of hydrogen-bond donors (Lipinski definition) is 2. The summed E-state index contributed by atoms with van der Waals surface area (Å²) >= 11 is 0. The number of halogens is 1. The Morgan fingerprint density at radius 2 is 2.03 bits per heavy atom. The minimum atomic E-state index is -0.545. The molecule has 0 unspecified atom stereocenters. The van der Waals surface area contributed by atoms with E-state index in [0.717, 1.165) is 28.9 Å². The average molecular weight is 463 g/mol. The number of benzene rings is 1. The van der Waals surface area contributed by atoms with Crippen molar-refractivity contribution in [2.75, 3.05) is 11.9 Å². The molecule has 0 saturated heterocycles. The Morgan fingerprint density at radius 3 is 2.76 bits per heavy atom. The van der Waals surface area contributed by atoms with Crippen molar-refractivity contribution >= 4 is 28.5 Å². The Morgan fingerprint density at radius 1 is 1.21 bits per heavy atom. The summed E-state index contributed by atoms with van der Waals surface area (Å²) in [6, 6.07) is 7.79. The van der Waals surface area contributed by atoms with Gasteiger partial charge >= 0.3 is 6.09 Å². The highest BCUT2D eigenvalue weighted by atomic mass is 19.1. The number of pyridine rings is 1. The van der Waals surface area contributed by atoms with Crippen molar-refractivity contribution in [1.29, 1.82) is 0 Å². The summed E-state index contributed by atoms with van der Waals surface area (Å²) in [6.45, 7) is 6.62. The fourth-order valence-corrected chi connectivity index (χ4v) is 4.15. The topological polar surface area (TPSA) is 88.1 Å². The number of amides is 1. The van der Waals surface area contributed by atoms with E-state index >= 15 is 0 Å². The molecule has 2 N–H and O–H groups in total. The van der Waals surface area contributed by atoms with Gasteiger partial charge in [-0.25, -0.2) is 14.2 Å². The summed E-state index contributed by atoms with van der Waals surface area (Å²) in [5, 5.41) is 8.07. The second kappa shape index (κ2) is 8.16. The molecule has 4 heterocycles. The Labute approximate surface area is 196 Å². The van der Waals surface area contributed by atoms with Crippen LogP contribution in [-0.4, -0.2) is 42.9 Å². The summed E-state index contributed by atoms with van der Waals surface area (Å²) in [6.07, 6.45) is 5.25. The minimum Gasteiger partial charge on any atom is -0.444 e. The molecule has 8 nitrogen and oxygen atoms in total. The number of anilines is 2. The van der Waals surface area contributed by atoms with Crippen LogP contribution in [0.15, 0.2) is 42.9 Å². The van der Waals surface area contributed by atoms with Gasteiger partial charge in [-0.3, -0.25) is 4.68 Å². The third-order valence-corrected chi connectivity index (χ3v) is 5.77. The van der Waals surface area contributed by atoms with Gasteiger partial charge in [0.15, 0.2) is 5.82 Å². The number of carbonyl (C=O) groups excluding carboxylic acids is 1. The fourth-order valence-electron chi connectivity index (χ4n) is 4.15. The number of aromatic amines is 1. The lowest BCUT2D eigenvalue weighted by Crippen LogP contribution is -2.39. The molecule has 0 atom stereocenters. The lowest BCUT2D eigenvalue weighted by atomic mass is 9.99. The van der Waals surface area contributed by atoms with Crippen molar-refractivity contribution in [1.82, 2.24) is 24.6 Å². The van der Waals surface area contributed by atoms with Crippen molar-refractivity contribution in [3.8, 4) is 11.3 Å². The van der Waals surface area contributed by atoms with E-state index in [0.29, 0.717) is 29.8 Å². The van der Waals surface area contributed by atoms with Gasteiger partial charge in [0.25, 0.3) is 0 Å². The van der Waals surface area contributed by atoms with E-state index in [1.807, 2.05) is 58.3 Å². The fraction of sp³-hybridized carbons (Fsp3) is 0.320. The van der Waals surface area contributed by atoms with Gasteiger partial charge in [0.05, 0.1) is 23.8 Å². The zero-order valence-electron chi connectivity index (χ0n) is 19.6. The number of aromatic nitrogens is 4. The van der Waals surface area contributed by atoms with E-state index in [2.05, 4.69) is 20.4 Å². The molecular weight excluding hydrogens is 435 g/mol. The number of H-pyrrole nitrogens is 1. The monoisotopic (exact) mass is 462 g/mol. The number of aryl methyl sites for hydroxylation is 1. The van der Waals surface area contributed by atoms with Crippen molar-refractivity contribution < 1.29 is 13.9 Å². The third kappa shape index (κ3) is 4.33. The molecule has 0 aliphatic carbocycles. The first-order valence-electron chi connectivity index (χ1n) is 11.2. The maximum absolute atomic E-state index is 14.9. The van der Waals surface area contributed by atoms with Crippen LogP contribution in [0.1, 0.15) is 31.9 Å². The first kappa shape index (κ1) is 21.9. The Kier molecular flexibility index (Phi) is 5.27. The van der Waals surface area contributed by atoms with E-state index in [1.165, 1.54) is 11.8 Å². The van der Waals surface area contributed by atoms with Crippen molar-refractivity contribution in [2.45, 2.75) is 39.3 Å². The smallest absolute Gasteiger partial charge is 0.410 e. The van der Waals surface area contributed by atoms with Gasteiger partial charge in [-0.2, -0.15) is 5.10 Å². The van der Waals surface area contributed by atoms with E-state index < -0.39 is 11.4 Å². The van der Waals surface area contributed by atoms with E-state index in [4.69, 9.17) is 4.74 Å². The van der Waals surface area contributed by atoms with Crippen molar-refractivity contribution in [2.24, 2.45) is 7.05 Å². The minimum absolute atomic E-state index is 0.325. The first-order valence-corrected chi connectivity index (χ1v) is 11.2. The normalized spacial score (nSPS) is 13.7. The van der Waals surface area contributed by atoms with Crippen LogP contribution < -0.4 is 5.32 Å². The molecule has 0 fully saturated rings. The Bertz CT molecular complexity index is 1380. The van der Waals surface area contributed by atoms with Crippen LogP contribution in [0.4, 0.5) is 20.6 Å². The number of nitrogens with one attached hydrogen (secondary N) is 2. The molecule has 34 heavy (non-hydrogen) atoms. The van der Waals surface area contributed by atoms with Crippen LogP contribution in [0.2, 0.25) is 0 Å². The molecule has 1 aromatic carbocycles. The standard InChI is InChI=1S/C25H27FN6O2/c1-25(2,3)34-24(33)32-8-7-15-5-6-18(9-16(15)14-32)29-22-19-10-21(17-11-28-31(4)13-17)30-23(19)27-12-20(22)26/h5-6,9-13H,7-8,14H2,1-4H3,(H2,27,29,30). The second-order valence-electron chi connectivity index (χ2n) is 9.59. The van der Waals surface area contributed by atoms with Crippen LogP contribution in [0.5, 0.6) is 0 Å². The molecule has 0 spiro atoms. The molecule has 176 valence electrons. The molecule has 1 aliphatic rings. The quantitative estimate of drug-likeness (QED) is 0.440. The molecular formula is C25H27FN6O2. The van der Waals surface area contributed by atoms with Crippen LogP contribution >= 0.6 is 0 Å². The van der Waals surface area contributed by atoms with Gasteiger partial charge < -0.3 is 19.9 Å². The van der Waals surface area contributed by atoms with E-state index in [9.17, 15) is 9.18 Å². The molecule has 3 aromatic heterocycles. The largest absolute Gasteiger partial charge is 0.444 e. The van der Waals surface area contributed by atoms with E-state index in [1.54, 1.807) is 15.8 Å². The Balaban J connectivity index is 1.43. The molecule has 4 aromatic rings. The van der Waals surface area contributed by atoms with Crippen LogP contribution in [0, 0.1) is 5.82 Å². The molecule has 0 radical (unpaired) electrons. The van der Waals surface area contributed by atoms with Crippen LogP contribution in [0.3, 0.4) is 0 Å². The maximum atomic E-state index is 14.9. The molecule has 0 bridgehead atoms.